The number of hydrogen-bond donors (Lipinski definition) is 1. The van der Waals surface area contributed by atoms with E-state index in [2.05, 4.69) is 16.3 Å². The van der Waals surface area contributed by atoms with E-state index >= 15 is 0 Å². The Morgan fingerprint density at radius 3 is 3.20 bits per heavy atom. The van der Waals surface area contributed by atoms with Gasteiger partial charge in [0.1, 0.15) is 0 Å². The first-order valence-electron chi connectivity index (χ1n) is 7.41. The van der Waals surface area contributed by atoms with Crippen molar-refractivity contribution in [3.8, 4) is 6.07 Å². The summed E-state index contributed by atoms with van der Waals surface area (Å²) in [6.07, 6.45) is 2.87. The first-order chi connectivity index (χ1) is 9.86. The fraction of sp³-hybridized carbons (Fsp3) is 0.562. The van der Waals surface area contributed by atoms with Gasteiger partial charge in [0.05, 0.1) is 24.3 Å². The number of ether oxygens (including phenoxy) is 1. The van der Waals surface area contributed by atoms with Crippen LogP contribution in [0.25, 0.3) is 0 Å². The van der Waals surface area contributed by atoms with Crippen LogP contribution in [0.5, 0.6) is 0 Å². The van der Waals surface area contributed by atoms with Crippen LogP contribution in [0.2, 0.25) is 0 Å². The summed E-state index contributed by atoms with van der Waals surface area (Å²) >= 11 is 0. The van der Waals surface area contributed by atoms with Gasteiger partial charge in [-0.2, -0.15) is 5.26 Å². The molecule has 2 saturated heterocycles. The standard InChI is InChI=1S/C16H21N3O/c17-8-13-4-1-2-5-14(13)9-18-10-16-11-19-7-3-6-15(19)12-20-16/h1-2,4-5,15-16,18H,3,6-7,9-12H2. The summed E-state index contributed by atoms with van der Waals surface area (Å²) in [4.78, 5) is 2.55. The highest BCUT2D eigenvalue weighted by atomic mass is 16.5. The lowest BCUT2D eigenvalue weighted by Gasteiger charge is -2.35. The van der Waals surface area contributed by atoms with Gasteiger partial charge in [0.15, 0.2) is 0 Å². The molecule has 0 bridgehead atoms. The van der Waals surface area contributed by atoms with Crippen molar-refractivity contribution in [3.63, 3.8) is 0 Å². The number of nitriles is 1. The molecule has 2 aliphatic heterocycles. The number of nitrogens with one attached hydrogen (secondary N) is 1. The number of rotatable bonds is 4. The average molecular weight is 271 g/mol. The highest BCUT2D eigenvalue weighted by Gasteiger charge is 2.31. The van der Waals surface area contributed by atoms with Gasteiger partial charge in [0.25, 0.3) is 0 Å². The van der Waals surface area contributed by atoms with E-state index in [9.17, 15) is 0 Å². The molecule has 2 atom stereocenters. The van der Waals surface area contributed by atoms with Gasteiger partial charge < -0.3 is 10.1 Å². The van der Waals surface area contributed by atoms with Gasteiger partial charge in [-0.3, -0.25) is 4.90 Å². The molecule has 0 amide bonds. The summed E-state index contributed by atoms with van der Waals surface area (Å²) in [6, 6.07) is 10.6. The Hall–Kier alpha value is -1.41. The monoisotopic (exact) mass is 271 g/mol. The Kier molecular flexibility index (Phi) is 4.31. The number of benzene rings is 1. The molecule has 20 heavy (non-hydrogen) atoms. The molecule has 0 aliphatic carbocycles. The van der Waals surface area contributed by atoms with Crippen LogP contribution in [0.3, 0.4) is 0 Å². The SMILES string of the molecule is N#Cc1ccccc1CNCC1CN2CCCC2CO1. The van der Waals surface area contributed by atoms with E-state index in [0.29, 0.717) is 6.04 Å². The Labute approximate surface area is 120 Å². The van der Waals surface area contributed by atoms with E-state index in [1.54, 1.807) is 0 Å². The van der Waals surface area contributed by atoms with Crippen LogP contribution in [0.15, 0.2) is 24.3 Å². The lowest BCUT2D eigenvalue weighted by atomic mass is 10.1. The van der Waals surface area contributed by atoms with Crippen LogP contribution < -0.4 is 5.32 Å². The van der Waals surface area contributed by atoms with Crippen molar-refractivity contribution < 1.29 is 4.74 Å². The van der Waals surface area contributed by atoms with Gasteiger partial charge in [-0.1, -0.05) is 18.2 Å². The Morgan fingerprint density at radius 2 is 2.30 bits per heavy atom. The predicted molar refractivity (Wildman–Crippen MR) is 77.2 cm³/mol. The third-order valence-electron chi connectivity index (χ3n) is 4.29. The van der Waals surface area contributed by atoms with E-state index in [0.717, 1.165) is 37.4 Å². The van der Waals surface area contributed by atoms with Gasteiger partial charge in [0.2, 0.25) is 0 Å². The number of fused-ring (bicyclic) bond motifs is 1. The van der Waals surface area contributed by atoms with Crippen LogP contribution in [-0.2, 0) is 11.3 Å². The highest BCUT2D eigenvalue weighted by molar-refractivity contribution is 5.37. The van der Waals surface area contributed by atoms with Crippen LogP contribution in [0.4, 0.5) is 0 Å². The van der Waals surface area contributed by atoms with Gasteiger partial charge in [-0.25, -0.2) is 0 Å². The molecule has 2 unspecified atom stereocenters. The summed E-state index contributed by atoms with van der Waals surface area (Å²) < 4.78 is 5.92. The average Bonchev–Trinajstić information content (AvgIpc) is 2.95. The van der Waals surface area contributed by atoms with Crippen molar-refractivity contribution in [2.75, 3.05) is 26.2 Å². The molecule has 2 fully saturated rings. The zero-order valence-corrected chi connectivity index (χ0v) is 11.7. The van der Waals surface area contributed by atoms with E-state index in [1.807, 2.05) is 24.3 Å². The molecular weight excluding hydrogens is 250 g/mol. The maximum absolute atomic E-state index is 9.06. The minimum atomic E-state index is 0.276. The van der Waals surface area contributed by atoms with Gasteiger partial charge >= 0.3 is 0 Å². The molecule has 0 radical (unpaired) electrons. The summed E-state index contributed by atoms with van der Waals surface area (Å²) in [5, 5.41) is 12.5. The highest BCUT2D eigenvalue weighted by Crippen LogP contribution is 2.22. The second kappa shape index (κ2) is 6.36. The molecule has 0 aromatic heterocycles. The largest absolute Gasteiger partial charge is 0.374 e. The van der Waals surface area contributed by atoms with E-state index in [4.69, 9.17) is 10.00 Å². The third-order valence-corrected chi connectivity index (χ3v) is 4.29. The third kappa shape index (κ3) is 3.01. The molecular formula is C16H21N3O. The van der Waals surface area contributed by atoms with Gasteiger partial charge in [0, 0.05) is 25.7 Å². The smallest absolute Gasteiger partial charge is 0.0995 e. The molecule has 1 N–H and O–H groups in total. The van der Waals surface area contributed by atoms with Crippen molar-refractivity contribution in [1.82, 2.24) is 10.2 Å². The quantitative estimate of drug-likeness (QED) is 0.902. The molecule has 4 nitrogen and oxygen atoms in total. The molecule has 106 valence electrons. The van der Waals surface area contributed by atoms with Crippen molar-refractivity contribution in [2.24, 2.45) is 0 Å². The Morgan fingerprint density at radius 1 is 1.40 bits per heavy atom. The first kappa shape index (κ1) is 13.6. The van der Waals surface area contributed by atoms with E-state index in [1.165, 1.54) is 19.4 Å². The van der Waals surface area contributed by atoms with Crippen LogP contribution >= 0.6 is 0 Å². The number of hydrogen-bond acceptors (Lipinski definition) is 4. The topological polar surface area (TPSA) is 48.3 Å². The van der Waals surface area contributed by atoms with Gasteiger partial charge in [-0.15, -0.1) is 0 Å². The van der Waals surface area contributed by atoms with Crippen LogP contribution in [0, 0.1) is 11.3 Å². The minimum Gasteiger partial charge on any atom is -0.374 e. The summed E-state index contributed by atoms with van der Waals surface area (Å²) in [5.41, 5.74) is 1.81. The summed E-state index contributed by atoms with van der Waals surface area (Å²) in [6.45, 7) is 4.72. The molecule has 3 rings (SSSR count). The molecule has 0 saturated carbocycles. The Bertz CT molecular complexity index is 497. The zero-order valence-electron chi connectivity index (χ0n) is 11.7. The van der Waals surface area contributed by atoms with Crippen molar-refractivity contribution in [1.29, 1.82) is 5.26 Å². The fourth-order valence-electron chi connectivity index (χ4n) is 3.16. The lowest BCUT2D eigenvalue weighted by Crippen LogP contribution is -2.49. The normalized spacial score (nSPS) is 26.1. The first-order valence-corrected chi connectivity index (χ1v) is 7.41. The zero-order chi connectivity index (χ0) is 13.8. The van der Waals surface area contributed by atoms with Crippen LogP contribution in [0.1, 0.15) is 24.0 Å². The predicted octanol–water partition coefficient (Wildman–Crippen LogP) is 1.51. The fourth-order valence-corrected chi connectivity index (χ4v) is 3.16. The molecule has 2 aliphatic rings. The number of nitrogens with zero attached hydrogens (tertiary/aromatic N) is 2. The molecule has 2 heterocycles. The Balaban J connectivity index is 1.47. The van der Waals surface area contributed by atoms with E-state index < -0.39 is 0 Å². The van der Waals surface area contributed by atoms with E-state index in [-0.39, 0.29) is 6.10 Å². The summed E-state index contributed by atoms with van der Waals surface area (Å²) in [5.74, 6) is 0. The maximum Gasteiger partial charge on any atom is 0.0995 e. The molecule has 1 aromatic rings. The van der Waals surface area contributed by atoms with Crippen molar-refractivity contribution in [3.05, 3.63) is 35.4 Å². The van der Waals surface area contributed by atoms with Crippen molar-refractivity contribution in [2.45, 2.75) is 31.5 Å². The second-order valence-corrected chi connectivity index (χ2v) is 5.65. The number of morpholine rings is 1. The molecule has 1 aromatic carbocycles. The van der Waals surface area contributed by atoms with Crippen molar-refractivity contribution >= 4 is 0 Å². The van der Waals surface area contributed by atoms with Crippen LogP contribution in [-0.4, -0.2) is 43.3 Å². The minimum absolute atomic E-state index is 0.276. The van der Waals surface area contributed by atoms with Gasteiger partial charge in [-0.05, 0) is 31.0 Å². The molecule has 0 spiro atoms. The summed E-state index contributed by atoms with van der Waals surface area (Å²) in [7, 11) is 0. The molecule has 4 heteroatoms. The lowest BCUT2D eigenvalue weighted by molar-refractivity contribution is -0.0470. The maximum atomic E-state index is 9.06. The second-order valence-electron chi connectivity index (χ2n) is 5.65.